The number of ether oxygens (including phenoxy) is 1. The van der Waals surface area contributed by atoms with Crippen molar-refractivity contribution < 1.29 is 9.53 Å². The minimum atomic E-state index is -0.410. The van der Waals surface area contributed by atoms with E-state index in [0.29, 0.717) is 19.1 Å². The molecule has 2 N–H and O–H groups in total. The van der Waals surface area contributed by atoms with Gasteiger partial charge in [-0.25, -0.2) is 0 Å². The molecule has 1 atom stereocenters. The van der Waals surface area contributed by atoms with Crippen molar-refractivity contribution in [2.45, 2.75) is 20.0 Å². The van der Waals surface area contributed by atoms with Gasteiger partial charge in [0.2, 0.25) is 5.91 Å². The summed E-state index contributed by atoms with van der Waals surface area (Å²) in [6, 6.07) is 0. The summed E-state index contributed by atoms with van der Waals surface area (Å²) in [7, 11) is 0. The van der Waals surface area contributed by atoms with Crippen molar-refractivity contribution >= 4 is 5.91 Å². The molecule has 13 heavy (non-hydrogen) atoms. The Bertz CT molecular complexity index is 182. The van der Waals surface area contributed by atoms with E-state index in [1.54, 1.807) is 0 Å². The van der Waals surface area contributed by atoms with E-state index in [1.807, 2.05) is 0 Å². The van der Waals surface area contributed by atoms with Crippen molar-refractivity contribution in [3.63, 3.8) is 0 Å². The Morgan fingerprint density at radius 2 is 2.38 bits per heavy atom. The summed E-state index contributed by atoms with van der Waals surface area (Å²) in [6.07, 6.45) is -0.410. The lowest BCUT2D eigenvalue weighted by Gasteiger charge is -2.32. The Kier molecular flexibility index (Phi) is 3.69. The fraction of sp³-hybridized carbons (Fsp3) is 0.889. The van der Waals surface area contributed by atoms with Crippen molar-refractivity contribution in [2.24, 2.45) is 11.7 Å². The zero-order valence-electron chi connectivity index (χ0n) is 8.32. The van der Waals surface area contributed by atoms with E-state index < -0.39 is 6.10 Å². The molecule has 0 aromatic rings. The van der Waals surface area contributed by atoms with Crippen LogP contribution in [0.15, 0.2) is 0 Å². The maximum atomic E-state index is 10.9. The summed E-state index contributed by atoms with van der Waals surface area (Å²) < 4.78 is 5.23. The zero-order chi connectivity index (χ0) is 9.84. The highest BCUT2D eigenvalue weighted by molar-refractivity contribution is 5.79. The van der Waals surface area contributed by atoms with Gasteiger partial charge in [0.25, 0.3) is 0 Å². The molecule has 0 aromatic heterocycles. The molecule has 76 valence electrons. The van der Waals surface area contributed by atoms with Crippen LogP contribution in [0.3, 0.4) is 0 Å². The lowest BCUT2D eigenvalue weighted by atomic mass is 10.2. The summed E-state index contributed by atoms with van der Waals surface area (Å²) in [4.78, 5) is 13.1. The van der Waals surface area contributed by atoms with Crippen molar-refractivity contribution in [2.75, 3.05) is 26.2 Å². The summed E-state index contributed by atoms with van der Waals surface area (Å²) in [5.74, 6) is 0.264. The molecule has 1 rings (SSSR count). The van der Waals surface area contributed by atoms with Gasteiger partial charge < -0.3 is 10.5 Å². The maximum Gasteiger partial charge on any atom is 0.247 e. The van der Waals surface area contributed by atoms with Gasteiger partial charge in [-0.1, -0.05) is 13.8 Å². The van der Waals surface area contributed by atoms with E-state index in [-0.39, 0.29) is 5.91 Å². The number of carbonyl (C=O) groups is 1. The molecule has 4 nitrogen and oxygen atoms in total. The molecule has 1 heterocycles. The van der Waals surface area contributed by atoms with Crippen LogP contribution in [0, 0.1) is 5.92 Å². The molecule has 1 saturated heterocycles. The molecule has 0 aromatic carbocycles. The first-order chi connectivity index (χ1) is 6.09. The number of morpholine rings is 1. The molecule has 0 unspecified atom stereocenters. The normalized spacial score (nSPS) is 25.0. The van der Waals surface area contributed by atoms with Gasteiger partial charge in [-0.3, -0.25) is 9.69 Å². The van der Waals surface area contributed by atoms with E-state index in [2.05, 4.69) is 18.7 Å². The Morgan fingerprint density at radius 1 is 1.69 bits per heavy atom. The topological polar surface area (TPSA) is 55.6 Å². The Morgan fingerprint density at radius 3 is 2.92 bits per heavy atom. The average molecular weight is 186 g/mol. The first-order valence-electron chi connectivity index (χ1n) is 4.73. The van der Waals surface area contributed by atoms with Crippen LogP contribution in [0.4, 0.5) is 0 Å². The molecule has 1 aliphatic heterocycles. The lowest BCUT2D eigenvalue weighted by molar-refractivity contribution is -0.135. The third kappa shape index (κ3) is 3.32. The first-order valence-corrected chi connectivity index (χ1v) is 4.73. The Labute approximate surface area is 79.0 Å². The molecule has 0 bridgehead atoms. The van der Waals surface area contributed by atoms with Crippen LogP contribution in [0.1, 0.15) is 13.8 Å². The minimum Gasteiger partial charge on any atom is -0.367 e. The van der Waals surface area contributed by atoms with Gasteiger partial charge in [0.05, 0.1) is 6.61 Å². The number of amides is 1. The SMILES string of the molecule is CC(C)CN1CCO[C@@H](C(N)=O)C1. The molecule has 1 amide bonds. The highest BCUT2D eigenvalue weighted by Gasteiger charge is 2.24. The van der Waals surface area contributed by atoms with Gasteiger partial charge in [-0.15, -0.1) is 0 Å². The van der Waals surface area contributed by atoms with E-state index >= 15 is 0 Å². The summed E-state index contributed by atoms with van der Waals surface area (Å²) in [6.45, 7) is 7.49. The van der Waals surface area contributed by atoms with Gasteiger partial charge in [-0.2, -0.15) is 0 Å². The summed E-state index contributed by atoms with van der Waals surface area (Å²) in [5, 5.41) is 0. The highest BCUT2D eigenvalue weighted by Crippen LogP contribution is 2.07. The van der Waals surface area contributed by atoms with E-state index in [0.717, 1.165) is 13.1 Å². The molecule has 4 heteroatoms. The predicted molar refractivity (Wildman–Crippen MR) is 50.2 cm³/mol. The number of hydrogen-bond acceptors (Lipinski definition) is 3. The smallest absolute Gasteiger partial charge is 0.247 e. The van der Waals surface area contributed by atoms with Crippen LogP contribution >= 0.6 is 0 Å². The largest absolute Gasteiger partial charge is 0.367 e. The van der Waals surface area contributed by atoms with Crippen LogP contribution in [0.2, 0.25) is 0 Å². The zero-order valence-corrected chi connectivity index (χ0v) is 8.32. The molecule has 1 fully saturated rings. The highest BCUT2D eigenvalue weighted by atomic mass is 16.5. The molecule has 0 spiro atoms. The molecule has 0 radical (unpaired) electrons. The monoisotopic (exact) mass is 186 g/mol. The molecule has 0 saturated carbocycles. The van der Waals surface area contributed by atoms with E-state index in [1.165, 1.54) is 0 Å². The second-order valence-corrected chi connectivity index (χ2v) is 3.92. The number of primary amides is 1. The van der Waals surface area contributed by atoms with Gasteiger partial charge in [-0.05, 0) is 5.92 Å². The fourth-order valence-corrected chi connectivity index (χ4v) is 1.56. The van der Waals surface area contributed by atoms with Gasteiger partial charge >= 0.3 is 0 Å². The first kappa shape index (κ1) is 10.5. The Hall–Kier alpha value is -0.610. The van der Waals surface area contributed by atoms with Gasteiger partial charge in [0.1, 0.15) is 6.10 Å². The summed E-state index contributed by atoms with van der Waals surface area (Å²) >= 11 is 0. The second kappa shape index (κ2) is 4.58. The summed E-state index contributed by atoms with van der Waals surface area (Å²) in [5.41, 5.74) is 5.17. The maximum absolute atomic E-state index is 10.9. The van der Waals surface area contributed by atoms with Crippen molar-refractivity contribution in [1.82, 2.24) is 4.90 Å². The van der Waals surface area contributed by atoms with Crippen molar-refractivity contribution in [1.29, 1.82) is 0 Å². The fourth-order valence-electron chi connectivity index (χ4n) is 1.56. The van der Waals surface area contributed by atoms with E-state index in [9.17, 15) is 4.79 Å². The third-order valence-corrected chi connectivity index (χ3v) is 2.09. The van der Waals surface area contributed by atoms with Gasteiger partial charge in [0.15, 0.2) is 0 Å². The van der Waals surface area contributed by atoms with Crippen LogP contribution in [0.5, 0.6) is 0 Å². The molecule has 0 aliphatic carbocycles. The number of hydrogen-bond donors (Lipinski definition) is 1. The van der Waals surface area contributed by atoms with Crippen molar-refractivity contribution in [3.05, 3.63) is 0 Å². The van der Waals surface area contributed by atoms with Crippen LogP contribution in [-0.4, -0.2) is 43.2 Å². The quantitative estimate of drug-likeness (QED) is 0.665. The van der Waals surface area contributed by atoms with Crippen LogP contribution < -0.4 is 5.73 Å². The third-order valence-electron chi connectivity index (χ3n) is 2.09. The second-order valence-electron chi connectivity index (χ2n) is 3.92. The number of nitrogens with zero attached hydrogens (tertiary/aromatic N) is 1. The number of carbonyl (C=O) groups excluding carboxylic acids is 1. The molecule has 1 aliphatic rings. The van der Waals surface area contributed by atoms with E-state index in [4.69, 9.17) is 10.5 Å². The Balaban J connectivity index is 2.37. The predicted octanol–water partition coefficient (Wildman–Crippen LogP) is -0.171. The standard InChI is InChI=1S/C9H18N2O2/c1-7(2)5-11-3-4-13-8(6-11)9(10)12/h7-8H,3-6H2,1-2H3,(H2,10,12)/t8-/m1/s1. The van der Waals surface area contributed by atoms with Crippen molar-refractivity contribution in [3.8, 4) is 0 Å². The lowest BCUT2D eigenvalue weighted by Crippen LogP contribution is -2.49. The molecular formula is C9H18N2O2. The van der Waals surface area contributed by atoms with Crippen LogP contribution in [0.25, 0.3) is 0 Å². The number of nitrogens with two attached hydrogens (primary N) is 1. The average Bonchev–Trinajstić information content (AvgIpc) is 2.03. The minimum absolute atomic E-state index is 0.353. The van der Waals surface area contributed by atoms with Gasteiger partial charge in [0, 0.05) is 19.6 Å². The molecular weight excluding hydrogens is 168 g/mol. The number of rotatable bonds is 3. The van der Waals surface area contributed by atoms with Crippen LogP contribution in [-0.2, 0) is 9.53 Å².